The Bertz CT molecular complexity index is 978. The highest BCUT2D eigenvalue weighted by molar-refractivity contribution is 5.62. The molecule has 0 aliphatic heterocycles. The van der Waals surface area contributed by atoms with Gasteiger partial charge in [-0.25, -0.2) is 0 Å². The highest BCUT2D eigenvalue weighted by Gasteiger charge is 2.10. The highest BCUT2D eigenvalue weighted by atomic mass is 16.5. The molecule has 0 spiro atoms. The van der Waals surface area contributed by atoms with E-state index in [9.17, 15) is 0 Å². The molecule has 0 amide bonds. The molecule has 0 unspecified atom stereocenters. The largest absolute Gasteiger partial charge is 0.495 e. The Morgan fingerprint density at radius 2 is 1.83 bits per heavy atom. The topological polar surface area (TPSA) is 98.4 Å². The Kier molecular flexibility index (Phi) is 7.18. The van der Waals surface area contributed by atoms with Gasteiger partial charge in [0, 0.05) is 6.54 Å². The minimum absolute atomic E-state index is 0.162. The van der Waals surface area contributed by atoms with E-state index in [1.54, 1.807) is 13.2 Å². The molecule has 8 heteroatoms. The van der Waals surface area contributed by atoms with Gasteiger partial charge in [0.05, 0.1) is 19.3 Å². The first-order valence-electron chi connectivity index (χ1n) is 9.49. The van der Waals surface area contributed by atoms with Crippen molar-refractivity contribution in [3.63, 3.8) is 0 Å². The number of nitrogen functional groups attached to an aromatic ring is 1. The Hall–Kier alpha value is -3.65. The van der Waals surface area contributed by atoms with Gasteiger partial charge in [-0.05, 0) is 36.9 Å². The number of aromatic nitrogens is 3. The SMILES string of the molecule is C=CCOc1ccc(CN(C)Cc2nc(N)nc(Nc3ccccc3OC)n2)cc1. The fraction of sp³-hybridized carbons (Fsp3) is 0.227. The van der Waals surface area contributed by atoms with Crippen LogP contribution in [0.25, 0.3) is 0 Å². The maximum absolute atomic E-state index is 5.90. The van der Waals surface area contributed by atoms with Crippen molar-refractivity contribution in [1.29, 1.82) is 0 Å². The summed E-state index contributed by atoms with van der Waals surface area (Å²) >= 11 is 0. The van der Waals surface area contributed by atoms with Crippen LogP contribution in [0.15, 0.2) is 61.2 Å². The van der Waals surface area contributed by atoms with Crippen LogP contribution in [0, 0.1) is 0 Å². The fourth-order valence-corrected chi connectivity index (χ4v) is 2.89. The molecule has 3 aromatic rings. The Balaban J connectivity index is 1.65. The molecule has 8 nitrogen and oxygen atoms in total. The molecule has 0 fully saturated rings. The van der Waals surface area contributed by atoms with Crippen LogP contribution in [0.4, 0.5) is 17.6 Å². The van der Waals surface area contributed by atoms with Crippen LogP contribution in [0.1, 0.15) is 11.4 Å². The Labute approximate surface area is 176 Å². The standard InChI is InChI=1S/C22H26N6O2/c1-4-13-30-17-11-9-16(10-12-17)14-28(2)15-20-25-21(23)27-22(26-20)24-18-7-5-6-8-19(18)29-3/h4-12H,1,13-15H2,2-3H3,(H3,23,24,25,26,27). The lowest BCUT2D eigenvalue weighted by Gasteiger charge is -2.17. The van der Waals surface area contributed by atoms with E-state index in [1.807, 2.05) is 55.6 Å². The number of anilines is 3. The smallest absolute Gasteiger partial charge is 0.232 e. The van der Waals surface area contributed by atoms with Crippen LogP contribution in [-0.2, 0) is 13.1 Å². The second-order valence-electron chi connectivity index (χ2n) is 6.67. The second kappa shape index (κ2) is 10.2. The summed E-state index contributed by atoms with van der Waals surface area (Å²) in [5.74, 6) is 2.62. The van der Waals surface area contributed by atoms with E-state index in [1.165, 1.54) is 0 Å². The number of nitrogens with two attached hydrogens (primary N) is 1. The van der Waals surface area contributed by atoms with Gasteiger partial charge in [-0.1, -0.05) is 36.9 Å². The molecule has 3 rings (SSSR count). The molecule has 2 aromatic carbocycles. The molecule has 1 heterocycles. The lowest BCUT2D eigenvalue weighted by molar-refractivity contribution is 0.310. The van der Waals surface area contributed by atoms with E-state index in [4.69, 9.17) is 15.2 Å². The van der Waals surface area contributed by atoms with Gasteiger partial charge in [-0.2, -0.15) is 15.0 Å². The van der Waals surface area contributed by atoms with E-state index >= 15 is 0 Å². The monoisotopic (exact) mass is 406 g/mol. The zero-order chi connectivity index (χ0) is 21.3. The third kappa shape index (κ3) is 5.92. The normalized spacial score (nSPS) is 10.6. The first-order valence-corrected chi connectivity index (χ1v) is 9.49. The predicted octanol–water partition coefficient (Wildman–Crippen LogP) is 3.40. The van der Waals surface area contributed by atoms with Gasteiger partial charge >= 0.3 is 0 Å². The lowest BCUT2D eigenvalue weighted by Crippen LogP contribution is -2.20. The quantitative estimate of drug-likeness (QED) is 0.494. The molecule has 0 atom stereocenters. The molecular weight excluding hydrogens is 380 g/mol. The van der Waals surface area contributed by atoms with Crippen molar-refractivity contribution >= 4 is 17.6 Å². The summed E-state index contributed by atoms with van der Waals surface area (Å²) in [5.41, 5.74) is 7.80. The van der Waals surface area contributed by atoms with Crippen LogP contribution < -0.4 is 20.5 Å². The summed E-state index contributed by atoms with van der Waals surface area (Å²) in [5, 5.41) is 3.14. The summed E-state index contributed by atoms with van der Waals surface area (Å²) in [6.07, 6.45) is 1.72. The lowest BCUT2D eigenvalue weighted by atomic mass is 10.2. The third-order valence-corrected chi connectivity index (χ3v) is 4.21. The average Bonchev–Trinajstić information content (AvgIpc) is 2.73. The second-order valence-corrected chi connectivity index (χ2v) is 6.67. The number of methoxy groups -OCH3 is 1. The van der Waals surface area contributed by atoms with Crippen LogP contribution in [-0.4, -0.2) is 40.6 Å². The highest BCUT2D eigenvalue weighted by Crippen LogP contribution is 2.25. The molecule has 1 aromatic heterocycles. The van der Waals surface area contributed by atoms with E-state index in [-0.39, 0.29) is 5.95 Å². The van der Waals surface area contributed by atoms with Gasteiger partial charge in [-0.3, -0.25) is 4.90 Å². The van der Waals surface area contributed by atoms with E-state index in [0.717, 1.165) is 23.5 Å². The Morgan fingerprint density at radius 3 is 2.57 bits per heavy atom. The molecule has 156 valence electrons. The van der Waals surface area contributed by atoms with Crippen molar-refractivity contribution in [1.82, 2.24) is 19.9 Å². The number of para-hydroxylation sites is 2. The number of hydrogen-bond donors (Lipinski definition) is 2. The fourth-order valence-electron chi connectivity index (χ4n) is 2.89. The number of ether oxygens (including phenoxy) is 2. The van der Waals surface area contributed by atoms with Gasteiger partial charge in [-0.15, -0.1) is 0 Å². The number of nitrogens with zero attached hydrogens (tertiary/aromatic N) is 4. The maximum Gasteiger partial charge on any atom is 0.232 e. The molecule has 0 bridgehead atoms. The molecule has 0 saturated heterocycles. The zero-order valence-electron chi connectivity index (χ0n) is 17.2. The molecule has 0 aliphatic rings. The van der Waals surface area contributed by atoms with Gasteiger partial charge in [0.2, 0.25) is 11.9 Å². The summed E-state index contributed by atoms with van der Waals surface area (Å²) in [7, 11) is 3.61. The minimum Gasteiger partial charge on any atom is -0.495 e. The van der Waals surface area contributed by atoms with Crippen molar-refractivity contribution < 1.29 is 9.47 Å². The van der Waals surface area contributed by atoms with Crippen molar-refractivity contribution in [2.45, 2.75) is 13.1 Å². The number of hydrogen-bond acceptors (Lipinski definition) is 8. The van der Waals surface area contributed by atoms with E-state index in [0.29, 0.717) is 30.7 Å². The number of rotatable bonds is 10. The third-order valence-electron chi connectivity index (χ3n) is 4.21. The Morgan fingerprint density at radius 1 is 1.07 bits per heavy atom. The minimum atomic E-state index is 0.162. The van der Waals surface area contributed by atoms with E-state index < -0.39 is 0 Å². The summed E-state index contributed by atoms with van der Waals surface area (Å²) in [6, 6.07) is 15.5. The van der Waals surface area contributed by atoms with Crippen molar-refractivity contribution in [2.75, 3.05) is 31.8 Å². The summed E-state index contributed by atoms with van der Waals surface area (Å²) in [6.45, 7) is 5.38. The molecule has 30 heavy (non-hydrogen) atoms. The first kappa shape index (κ1) is 21.1. The molecular formula is C22H26N6O2. The summed E-state index contributed by atoms with van der Waals surface area (Å²) < 4.78 is 10.9. The van der Waals surface area contributed by atoms with Crippen molar-refractivity contribution in [2.24, 2.45) is 0 Å². The van der Waals surface area contributed by atoms with Gasteiger partial charge in [0.25, 0.3) is 0 Å². The number of benzene rings is 2. The van der Waals surface area contributed by atoms with Gasteiger partial charge in [0.1, 0.15) is 23.9 Å². The average molecular weight is 406 g/mol. The van der Waals surface area contributed by atoms with Crippen LogP contribution in [0.5, 0.6) is 11.5 Å². The maximum atomic E-state index is 5.90. The molecule has 0 saturated carbocycles. The number of nitrogens with one attached hydrogen (secondary N) is 1. The first-order chi connectivity index (χ1) is 14.6. The van der Waals surface area contributed by atoms with Crippen LogP contribution >= 0.6 is 0 Å². The summed E-state index contributed by atoms with van der Waals surface area (Å²) in [4.78, 5) is 15.0. The van der Waals surface area contributed by atoms with Crippen LogP contribution in [0.2, 0.25) is 0 Å². The molecule has 0 aliphatic carbocycles. The molecule has 0 radical (unpaired) electrons. The van der Waals surface area contributed by atoms with Crippen LogP contribution in [0.3, 0.4) is 0 Å². The van der Waals surface area contributed by atoms with Crippen molar-refractivity contribution in [3.8, 4) is 11.5 Å². The zero-order valence-corrected chi connectivity index (χ0v) is 17.2. The predicted molar refractivity (Wildman–Crippen MR) is 118 cm³/mol. The van der Waals surface area contributed by atoms with Gasteiger partial charge < -0.3 is 20.5 Å². The van der Waals surface area contributed by atoms with Crippen molar-refractivity contribution in [3.05, 3.63) is 72.6 Å². The molecule has 3 N–H and O–H groups in total. The van der Waals surface area contributed by atoms with E-state index in [2.05, 4.69) is 31.7 Å². The van der Waals surface area contributed by atoms with Gasteiger partial charge in [0.15, 0.2) is 0 Å².